The summed E-state index contributed by atoms with van der Waals surface area (Å²) in [6.45, 7) is 1.67. The number of rotatable bonds is 4. The third kappa shape index (κ3) is 4.12. The predicted molar refractivity (Wildman–Crippen MR) is 90.7 cm³/mol. The molecule has 2 heterocycles. The van der Waals surface area contributed by atoms with Crippen LogP contribution in [0, 0.1) is 11.7 Å². The van der Waals surface area contributed by atoms with E-state index in [1.807, 2.05) is 0 Å². The maximum Gasteiger partial charge on any atom is 0.318 e. The van der Waals surface area contributed by atoms with Crippen molar-refractivity contribution >= 4 is 17.9 Å². The highest BCUT2D eigenvalue weighted by atomic mass is 19.1. The predicted octanol–water partition coefficient (Wildman–Crippen LogP) is 1.43. The number of piperidine rings is 1. The summed E-state index contributed by atoms with van der Waals surface area (Å²) in [5.41, 5.74) is 0.836. The van der Waals surface area contributed by atoms with E-state index in [9.17, 15) is 18.8 Å². The molecule has 1 aromatic rings. The van der Waals surface area contributed by atoms with Crippen LogP contribution in [0.1, 0.15) is 24.8 Å². The molecule has 1 aromatic carbocycles. The topological polar surface area (TPSA) is 89.9 Å². The largest absolute Gasteiger partial charge is 0.481 e. The molecule has 26 heavy (non-hydrogen) atoms. The Bertz CT molecular complexity index is 686. The standard InChI is InChI=1S/C18H22FN3O4/c19-14-3-1-12(2-4-14)11-22-10-7-15(16(22)23)20-18(26)21-8-5-13(6-9-21)17(24)25/h1-4,13,15H,5-11H2,(H,20,26)(H,24,25). The summed E-state index contributed by atoms with van der Waals surface area (Å²) < 4.78 is 13.0. The monoisotopic (exact) mass is 363 g/mol. The van der Waals surface area contributed by atoms with Gasteiger partial charge in [0.15, 0.2) is 0 Å². The summed E-state index contributed by atoms with van der Waals surface area (Å²) >= 11 is 0. The summed E-state index contributed by atoms with van der Waals surface area (Å²) in [5.74, 6) is -1.70. The number of carbonyl (C=O) groups excluding carboxylic acids is 2. The smallest absolute Gasteiger partial charge is 0.318 e. The van der Waals surface area contributed by atoms with Crippen LogP contribution in [0.5, 0.6) is 0 Å². The van der Waals surface area contributed by atoms with Gasteiger partial charge in [-0.3, -0.25) is 9.59 Å². The van der Waals surface area contributed by atoms with Crippen molar-refractivity contribution in [3.8, 4) is 0 Å². The molecule has 0 radical (unpaired) electrons. The average Bonchev–Trinajstić information content (AvgIpc) is 2.97. The summed E-state index contributed by atoms with van der Waals surface area (Å²) in [6.07, 6.45) is 1.38. The molecular weight excluding hydrogens is 341 g/mol. The van der Waals surface area contributed by atoms with Gasteiger partial charge in [-0.25, -0.2) is 9.18 Å². The second kappa shape index (κ2) is 7.72. The van der Waals surface area contributed by atoms with Crippen molar-refractivity contribution in [1.82, 2.24) is 15.1 Å². The second-order valence-electron chi connectivity index (χ2n) is 6.78. The van der Waals surface area contributed by atoms with Crippen LogP contribution in [0.3, 0.4) is 0 Å². The minimum Gasteiger partial charge on any atom is -0.481 e. The van der Waals surface area contributed by atoms with Crippen LogP contribution in [0.15, 0.2) is 24.3 Å². The number of nitrogens with one attached hydrogen (secondary N) is 1. The number of likely N-dealkylation sites (tertiary alicyclic amines) is 2. The van der Waals surface area contributed by atoms with Crippen LogP contribution in [0.4, 0.5) is 9.18 Å². The number of hydrogen-bond acceptors (Lipinski definition) is 3. The molecule has 0 spiro atoms. The minimum absolute atomic E-state index is 0.150. The van der Waals surface area contributed by atoms with Gasteiger partial charge in [-0.15, -0.1) is 0 Å². The van der Waals surface area contributed by atoms with Crippen LogP contribution >= 0.6 is 0 Å². The van der Waals surface area contributed by atoms with E-state index in [-0.39, 0.29) is 17.8 Å². The SMILES string of the molecule is O=C(O)C1CCN(C(=O)NC2CCN(Cc3ccc(F)cc3)C2=O)CC1. The molecule has 3 amide bonds. The summed E-state index contributed by atoms with van der Waals surface area (Å²) in [7, 11) is 0. The number of carboxylic acids is 1. The number of aliphatic carboxylic acids is 1. The van der Waals surface area contributed by atoms with E-state index in [1.54, 1.807) is 21.9 Å². The Morgan fingerprint density at radius 3 is 2.38 bits per heavy atom. The minimum atomic E-state index is -0.826. The van der Waals surface area contributed by atoms with Crippen molar-refractivity contribution in [3.63, 3.8) is 0 Å². The fourth-order valence-electron chi connectivity index (χ4n) is 3.41. The lowest BCUT2D eigenvalue weighted by Gasteiger charge is -2.31. The molecule has 2 aliphatic heterocycles. The second-order valence-corrected chi connectivity index (χ2v) is 6.78. The van der Waals surface area contributed by atoms with Crippen LogP contribution in [-0.2, 0) is 16.1 Å². The lowest BCUT2D eigenvalue weighted by atomic mass is 9.97. The highest BCUT2D eigenvalue weighted by Gasteiger charge is 2.34. The average molecular weight is 363 g/mol. The van der Waals surface area contributed by atoms with E-state index >= 15 is 0 Å². The molecule has 8 heteroatoms. The Labute approximate surface area is 150 Å². The molecule has 2 saturated heterocycles. The number of amides is 3. The van der Waals surface area contributed by atoms with Crippen LogP contribution < -0.4 is 5.32 Å². The Balaban J connectivity index is 1.50. The van der Waals surface area contributed by atoms with Gasteiger partial charge < -0.3 is 20.2 Å². The number of nitrogens with zero attached hydrogens (tertiary/aromatic N) is 2. The first-order chi connectivity index (χ1) is 12.4. The molecule has 0 bridgehead atoms. The fourth-order valence-corrected chi connectivity index (χ4v) is 3.41. The number of urea groups is 1. The third-order valence-corrected chi connectivity index (χ3v) is 5.01. The van der Waals surface area contributed by atoms with Crippen molar-refractivity contribution in [2.45, 2.75) is 31.8 Å². The van der Waals surface area contributed by atoms with E-state index in [1.165, 1.54) is 12.1 Å². The van der Waals surface area contributed by atoms with Gasteiger partial charge in [0.25, 0.3) is 0 Å². The third-order valence-electron chi connectivity index (χ3n) is 5.01. The highest BCUT2D eigenvalue weighted by molar-refractivity contribution is 5.88. The number of carboxylic acid groups (broad SMARTS) is 1. The summed E-state index contributed by atoms with van der Waals surface area (Å²) in [4.78, 5) is 39.0. The Morgan fingerprint density at radius 1 is 1.12 bits per heavy atom. The van der Waals surface area contributed by atoms with Gasteiger partial charge in [0.2, 0.25) is 5.91 Å². The molecule has 7 nitrogen and oxygen atoms in total. The first-order valence-corrected chi connectivity index (χ1v) is 8.75. The Hall–Kier alpha value is -2.64. The number of hydrogen-bond donors (Lipinski definition) is 2. The van der Waals surface area contributed by atoms with Gasteiger partial charge in [0, 0.05) is 26.2 Å². The van der Waals surface area contributed by atoms with Crippen LogP contribution in [0.2, 0.25) is 0 Å². The quantitative estimate of drug-likeness (QED) is 0.847. The normalized spacial score (nSPS) is 21.1. The molecule has 3 rings (SSSR count). The zero-order valence-electron chi connectivity index (χ0n) is 14.4. The van der Waals surface area contributed by atoms with E-state index in [0.717, 1.165) is 5.56 Å². The van der Waals surface area contributed by atoms with Crippen molar-refractivity contribution in [3.05, 3.63) is 35.6 Å². The van der Waals surface area contributed by atoms with Crippen LogP contribution in [-0.4, -0.2) is 58.5 Å². The number of benzene rings is 1. The zero-order valence-corrected chi connectivity index (χ0v) is 14.4. The van der Waals surface area contributed by atoms with Gasteiger partial charge in [-0.1, -0.05) is 12.1 Å². The fraction of sp³-hybridized carbons (Fsp3) is 0.500. The lowest BCUT2D eigenvalue weighted by molar-refractivity contribution is -0.143. The van der Waals surface area contributed by atoms with E-state index in [2.05, 4.69) is 5.32 Å². The van der Waals surface area contributed by atoms with Gasteiger partial charge in [0.05, 0.1) is 5.92 Å². The van der Waals surface area contributed by atoms with E-state index in [4.69, 9.17) is 5.11 Å². The molecule has 2 fully saturated rings. The zero-order chi connectivity index (χ0) is 18.7. The molecule has 2 aliphatic rings. The van der Waals surface area contributed by atoms with Crippen molar-refractivity contribution in [2.24, 2.45) is 5.92 Å². The highest BCUT2D eigenvalue weighted by Crippen LogP contribution is 2.19. The Morgan fingerprint density at radius 2 is 1.77 bits per heavy atom. The lowest BCUT2D eigenvalue weighted by Crippen LogP contribution is -2.50. The Kier molecular flexibility index (Phi) is 5.39. The van der Waals surface area contributed by atoms with Gasteiger partial charge in [-0.05, 0) is 37.0 Å². The van der Waals surface area contributed by atoms with Gasteiger partial charge >= 0.3 is 12.0 Å². The molecule has 0 aromatic heterocycles. The summed E-state index contributed by atoms with van der Waals surface area (Å²) in [5, 5.41) is 11.8. The van der Waals surface area contributed by atoms with Gasteiger partial charge in [-0.2, -0.15) is 0 Å². The molecule has 2 N–H and O–H groups in total. The molecule has 1 atom stereocenters. The maximum atomic E-state index is 13.0. The molecule has 0 aliphatic carbocycles. The molecule has 0 saturated carbocycles. The number of carbonyl (C=O) groups is 3. The molecule has 1 unspecified atom stereocenters. The van der Waals surface area contributed by atoms with Crippen LogP contribution in [0.25, 0.3) is 0 Å². The van der Waals surface area contributed by atoms with E-state index < -0.39 is 17.9 Å². The summed E-state index contributed by atoms with van der Waals surface area (Å²) in [6, 6.07) is 5.10. The first-order valence-electron chi connectivity index (χ1n) is 8.75. The number of halogens is 1. The first kappa shape index (κ1) is 18.2. The van der Waals surface area contributed by atoms with E-state index in [0.29, 0.717) is 45.4 Å². The molecular formula is C18H22FN3O4. The maximum absolute atomic E-state index is 13.0. The molecule has 140 valence electrons. The van der Waals surface area contributed by atoms with Crippen molar-refractivity contribution in [1.29, 1.82) is 0 Å². The van der Waals surface area contributed by atoms with Crippen molar-refractivity contribution in [2.75, 3.05) is 19.6 Å². The van der Waals surface area contributed by atoms with Crippen molar-refractivity contribution < 1.29 is 23.9 Å². The van der Waals surface area contributed by atoms with Gasteiger partial charge in [0.1, 0.15) is 11.9 Å².